The Hall–Kier alpha value is -2.00. The molecule has 0 aromatic rings. The second kappa shape index (κ2) is 15.5. The normalized spacial score (nSPS) is 38.5. The number of rotatable bonds is 11. The van der Waals surface area contributed by atoms with Gasteiger partial charge in [-0.15, -0.1) is 0 Å². The molecule has 248 valence electrons. The number of cyclic esters (lactones) is 1. The Kier molecular flexibility index (Phi) is 12.3. The van der Waals surface area contributed by atoms with Gasteiger partial charge in [-0.3, -0.25) is 4.79 Å². The van der Waals surface area contributed by atoms with Gasteiger partial charge in [-0.25, -0.2) is 4.79 Å². The van der Waals surface area contributed by atoms with Crippen LogP contribution in [0.2, 0.25) is 0 Å². The van der Waals surface area contributed by atoms with E-state index in [1.54, 1.807) is 7.11 Å². The van der Waals surface area contributed by atoms with Gasteiger partial charge in [0.2, 0.25) is 5.78 Å². The molecule has 8 nitrogen and oxygen atoms in total. The fraction of sp³-hybridized carbons (Fsp3) is 0.778. The quantitative estimate of drug-likeness (QED) is 0.0938. The summed E-state index contributed by atoms with van der Waals surface area (Å²) >= 11 is 0. The molecular weight excluding hydrogens is 560 g/mol. The standard InChI is InChI=1S/C36H56O8/c1-8-25-17-30(24(6)41-7)44-34(25)21(3)12-14-28-15-13-22(4)35(43-28)27(18-37)16-26-11-9-10-20(2)31(26)23(5)33(39)32-29(38)19-42-36(32)40/h12,14,16,20-26,28,30-31,34-35,37,39H,8-11,13,15,17-19H2,1-7H3/b14-12+,27-16+,33-32+/t20-,21+,22-,23+,24+,25+,26-,28-,30-,31-,34+,35-/m1/s1. The summed E-state index contributed by atoms with van der Waals surface area (Å²) < 4.78 is 23.6. The summed E-state index contributed by atoms with van der Waals surface area (Å²) in [5.41, 5.74) is 0.676. The van der Waals surface area contributed by atoms with E-state index in [2.05, 4.69) is 52.8 Å². The number of carbonyl (C=O) groups excluding carboxylic acids is 2. The van der Waals surface area contributed by atoms with Crippen LogP contribution in [0, 0.1) is 41.4 Å². The lowest BCUT2D eigenvalue weighted by atomic mass is 9.66. The molecule has 3 heterocycles. The Morgan fingerprint density at radius 1 is 1.07 bits per heavy atom. The second-order valence-corrected chi connectivity index (χ2v) is 14.0. The molecular formula is C36H56O8. The van der Waals surface area contributed by atoms with E-state index in [0.29, 0.717) is 5.92 Å². The van der Waals surface area contributed by atoms with Gasteiger partial charge in [0.25, 0.3) is 0 Å². The van der Waals surface area contributed by atoms with Crippen LogP contribution in [-0.2, 0) is 28.5 Å². The lowest BCUT2D eigenvalue weighted by Gasteiger charge is -2.41. The molecule has 44 heavy (non-hydrogen) atoms. The molecule has 4 aliphatic rings. The molecule has 8 heteroatoms. The van der Waals surface area contributed by atoms with Gasteiger partial charge in [-0.2, -0.15) is 0 Å². The molecule has 1 saturated carbocycles. The zero-order chi connectivity index (χ0) is 32.1. The number of aliphatic hydroxyl groups excluding tert-OH is 2. The largest absolute Gasteiger partial charge is 0.511 e. The van der Waals surface area contributed by atoms with Crippen molar-refractivity contribution >= 4 is 11.8 Å². The summed E-state index contributed by atoms with van der Waals surface area (Å²) in [4.78, 5) is 24.5. The number of allylic oxidation sites excluding steroid dienone is 2. The highest BCUT2D eigenvalue weighted by molar-refractivity contribution is 6.22. The van der Waals surface area contributed by atoms with E-state index in [4.69, 9.17) is 18.9 Å². The number of carbonyl (C=O) groups is 2. The number of aliphatic hydroxyl groups is 2. The van der Waals surface area contributed by atoms with Crippen molar-refractivity contribution in [1.29, 1.82) is 0 Å². The van der Waals surface area contributed by atoms with Crippen molar-refractivity contribution in [3.05, 3.63) is 35.1 Å². The maximum Gasteiger partial charge on any atom is 0.345 e. The van der Waals surface area contributed by atoms with Crippen molar-refractivity contribution in [2.75, 3.05) is 20.3 Å². The fourth-order valence-corrected chi connectivity index (χ4v) is 8.28. The van der Waals surface area contributed by atoms with Crippen LogP contribution in [-0.4, -0.2) is 72.8 Å². The highest BCUT2D eigenvalue weighted by atomic mass is 16.6. The average molecular weight is 617 g/mol. The van der Waals surface area contributed by atoms with Gasteiger partial charge in [-0.05, 0) is 67.8 Å². The highest BCUT2D eigenvalue weighted by Crippen LogP contribution is 2.44. The molecule has 2 N–H and O–H groups in total. The Labute approximate surface area is 264 Å². The molecule has 0 radical (unpaired) electrons. The molecule has 3 aliphatic heterocycles. The molecule has 3 saturated heterocycles. The smallest absolute Gasteiger partial charge is 0.345 e. The topological polar surface area (TPSA) is 112 Å². The molecule has 1 aliphatic carbocycles. The third-order valence-electron chi connectivity index (χ3n) is 11.1. The molecule has 4 fully saturated rings. The van der Waals surface area contributed by atoms with Crippen molar-refractivity contribution in [2.24, 2.45) is 41.4 Å². The predicted octanol–water partition coefficient (Wildman–Crippen LogP) is 6.13. The second-order valence-electron chi connectivity index (χ2n) is 14.0. The van der Waals surface area contributed by atoms with E-state index >= 15 is 0 Å². The fourth-order valence-electron chi connectivity index (χ4n) is 8.28. The lowest BCUT2D eigenvalue weighted by Crippen LogP contribution is -2.37. The van der Waals surface area contributed by atoms with Crippen LogP contribution in [0.15, 0.2) is 35.1 Å². The summed E-state index contributed by atoms with van der Waals surface area (Å²) in [6.45, 7) is 12.4. The molecule has 0 aromatic carbocycles. The summed E-state index contributed by atoms with van der Waals surface area (Å²) in [5, 5.41) is 21.7. The van der Waals surface area contributed by atoms with E-state index in [-0.39, 0.29) is 84.7 Å². The third kappa shape index (κ3) is 7.68. The maximum absolute atomic E-state index is 12.3. The van der Waals surface area contributed by atoms with Gasteiger partial charge >= 0.3 is 5.97 Å². The summed E-state index contributed by atoms with van der Waals surface area (Å²) in [5.74, 6) is -0.392. The lowest BCUT2D eigenvalue weighted by molar-refractivity contribution is -0.135. The number of esters is 1. The first-order valence-electron chi connectivity index (χ1n) is 17.0. The molecule has 0 aromatic heterocycles. The van der Waals surface area contributed by atoms with Gasteiger partial charge in [0.1, 0.15) is 11.3 Å². The van der Waals surface area contributed by atoms with Crippen molar-refractivity contribution < 1.29 is 38.7 Å². The molecule has 0 bridgehead atoms. The first kappa shape index (κ1) is 34.9. The van der Waals surface area contributed by atoms with Gasteiger partial charge < -0.3 is 29.2 Å². The van der Waals surface area contributed by atoms with E-state index in [0.717, 1.165) is 50.5 Å². The first-order chi connectivity index (χ1) is 21.0. The number of hydrogen-bond acceptors (Lipinski definition) is 8. The van der Waals surface area contributed by atoms with Gasteiger partial charge in [0.15, 0.2) is 6.61 Å². The van der Waals surface area contributed by atoms with Crippen molar-refractivity contribution in [1.82, 2.24) is 0 Å². The maximum atomic E-state index is 12.3. The minimum Gasteiger partial charge on any atom is -0.511 e. The van der Waals surface area contributed by atoms with Gasteiger partial charge in [0, 0.05) is 18.9 Å². The van der Waals surface area contributed by atoms with Crippen LogP contribution in [0.25, 0.3) is 0 Å². The number of ketones is 1. The average Bonchev–Trinajstić information content (AvgIpc) is 3.61. The summed E-state index contributed by atoms with van der Waals surface area (Å²) in [7, 11) is 1.74. The molecule has 0 amide bonds. The van der Waals surface area contributed by atoms with Crippen LogP contribution >= 0.6 is 0 Å². The molecule has 4 rings (SSSR count). The first-order valence-corrected chi connectivity index (χ1v) is 17.0. The Morgan fingerprint density at radius 3 is 2.45 bits per heavy atom. The van der Waals surface area contributed by atoms with E-state index in [9.17, 15) is 19.8 Å². The number of methoxy groups -OCH3 is 1. The van der Waals surface area contributed by atoms with E-state index < -0.39 is 17.7 Å². The van der Waals surface area contributed by atoms with Crippen LogP contribution in [0.3, 0.4) is 0 Å². The van der Waals surface area contributed by atoms with Crippen LogP contribution in [0.4, 0.5) is 0 Å². The SMILES string of the molecule is CC[C@H]1C[C@H]([C@H](C)OC)O[C@H]1[C@@H](C)/C=C/[C@@H]1CC[C@@H](C)[C@H](/C(=C/[C@H]2CCC[C@@H](C)[C@@H]2[C@H](C)/C(O)=C2/C(=O)COC2=O)CO)O1. The van der Waals surface area contributed by atoms with Crippen molar-refractivity contribution in [3.63, 3.8) is 0 Å². The minimum absolute atomic E-state index is 0.0111. The van der Waals surface area contributed by atoms with Crippen molar-refractivity contribution in [2.45, 2.75) is 117 Å². The van der Waals surface area contributed by atoms with Crippen LogP contribution < -0.4 is 0 Å². The van der Waals surface area contributed by atoms with Crippen molar-refractivity contribution in [3.8, 4) is 0 Å². The Bertz CT molecular complexity index is 1080. The van der Waals surface area contributed by atoms with Crippen LogP contribution in [0.1, 0.15) is 86.5 Å². The molecule has 0 unspecified atom stereocenters. The molecule has 12 atom stereocenters. The summed E-state index contributed by atoms with van der Waals surface area (Å²) in [6.07, 6.45) is 13.7. The van der Waals surface area contributed by atoms with E-state index in [1.165, 1.54) is 0 Å². The summed E-state index contributed by atoms with van der Waals surface area (Å²) in [6, 6.07) is 0. The zero-order valence-electron chi connectivity index (χ0n) is 27.9. The highest BCUT2D eigenvalue weighted by Gasteiger charge is 2.42. The van der Waals surface area contributed by atoms with E-state index in [1.807, 2.05) is 6.92 Å². The van der Waals surface area contributed by atoms with Gasteiger partial charge in [-0.1, -0.05) is 72.1 Å². The minimum atomic E-state index is -0.738. The number of ether oxygens (including phenoxy) is 4. The monoisotopic (exact) mass is 616 g/mol. The zero-order valence-corrected chi connectivity index (χ0v) is 27.9. The third-order valence-corrected chi connectivity index (χ3v) is 11.1. The Morgan fingerprint density at radius 2 is 1.82 bits per heavy atom. The van der Waals surface area contributed by atoms with Gasteiger partial charge in [0.05, 0.1) is 37.1 Å². The predicted molar refractivity (Wildman–Crippen MR) is 169 cm³/mol. The number of hydrogen-bond donors (Lipinski definition) is 2. The number of Topliss-reactive ketones (excluding diaryl/α,β-unsaturated/α-hetero) is 1. The Balaban J connectivity index is 1.49. The molecule has 0 spiro atoms. The van der Waals surface area contributed by atoms with Crippen LogP contribution in [0.5, 0.6) is 0 Å².